The average Bonchev–Trinajstić information content (AvgIpc) is 2.56. The molecular formula is C21H44NO2P. The van der Waals surface area contributed by atoms with Crippen molar-refractivity contribution in [2.24, 2.45) is 5.92 Å². The summed E-state index contributed by atoms with van der Waals surface area (Å²) in [4.78, 5) is 0. The summed E-state index contributed by atoms with van der Waals surface area (Å²) in [6.45, 7) is 5.48. The molecule has 0 aliphatic rings. The topological polar surface area (TPSA) is 46.2 Å². The van der Waals surface area contributed by atoms with Crippen molar-refractivity contribution in [2.45, 2.75) is 117 Å². The molecule has 0 spiro atoms. The summed E-state index contributed by atoms with van der Waals surface area (Å²) in [5.74, 6) is 0.875. The molecule has 0 fully saturated rings. The maximum Gasteiger partial charge on any atom is 0.329 e. The van der Waals surface area contributed by atoms with Crippen molar-refractivity contribution in [3.63, 3.8) is 0 Å². The Morgan fingerprint density at radius 3 is 1.32 bits per heavy atom. The van der Waals surface area contributed by atoms with Gasteiger partial charge in [0.25, 0.3) is 0 Å². The summed E-state index contributed by atoms with van der Waals surface area (Å²) in [5, 5.41) is 2.94. The summed E-state index contributed by atoms with van der Waals surface area (Å²) < 4.78 is 20.7. The lowest BCUT2D eigenvalue weighted by Crippen LogP contribution is -2.12. The van der Waals surface area contributed by atoms with Crippen LogP contribution < -0.4 is 5.32 Å². The van der Waals surface area contributed by atoms with E-state index in [1.165, 1.54) is 96.3 Å². The second-order valence-corrected chi connectivity index (χ2v) is 8.96. The van der Waals surface area contributed by atoms with E-state index in [1.54, 1.807) is 0 Å². The molecule has 0 aliphatic heterocycles. The monoisotopic (exact) mass is 373 g/mol. The summed E-state index contributed by atoms with van der Waals surface area (Å²) in [6, 6.07) is 0. The van der Waals surface area contributed by atoms with E-state index >= 15 is 0 Å². The van der Waals surface area contributed by atoms with Crippen LogP contribution in [0.5, 0.6) is 0 Å². The molecule has 0 heterocycles. The van der Waals surface area contributed by atoms with Gasteiger partial charge < -0.3 is 5.32 Å². The quantitative estimate of drug-likeness (QED) is 0.176. The van der Waals surface area contributed by atoms with Gasteiger partial charge in [-0.2, -0.15) is 0 Å². The first-order valence-electron chi connectivity index (χ1n) is 11.0. The van der Waals surface area contributed by atoms with Gasteiger partial charge in [-0.05, 0) is 18.9 Å². The molecule has 4 heteroatoms. The molecule has 0 amide bonds. The summed E-state index contributed by atoms with van der Waals surface area (Å²) in [6.07, 6.45) is 22.1. The number of unbranched alkanes of at least 4 members (excludes halogenated alkanes) is 14. The molecule has 0 unspecified atom stereocenters. The highest BCUT2D eigenvalue weighted by atomic mass is 31.1. The minimum absolute atomic E-state index is 0.132. The van der Waals surface area contributed by atoms with Crippen LogP contribution in [0.2, 0.25) is 0 Å². The molecule has 0 rings (SSSR count). The Morgan fingerprint density at radius 1 is 0.600 bits per heavy atom. The normalized spacial score (nSPS) is 11.3. The maximum absolute atomic E-state index is 10.4. The van der Waals surface area contributed by atoms with Gasteiger partial charge in [0.1, 0.15) is 6.29 Å². The van der Waals surface area contributed by atoms with Crippen molar-refractivity contribution in [3.8, 4) is 0 Å². The van der Waals surface area contributed by atoms with Crippen LogP contribution in [-0.2, 0) is 9.13 Å². The molecule has 0 bridgehead atoms. The third kappa shape index (κ3) is 23.9. The lowest BCUT2D eigenvalue weighted by Gasteiger charge is -2.05. The second-order valence-electron chi connectivity index (χ2n) is 7.98. The minimum Gasteiger partial charge on any atom is -0.304 e. The third-order valence-corrected chi connectivity index (χ3v) is 5.36. The van der Waals surface area contributed by atoms with Crippen LogP contribution in [0.25, 0.3) is 0 Å². The Hall–Kier alpha value is -0.140. The summed E-state index contributed by atoms with van der Waals surface area (Å²) in [7, 11) is -2.26. The predicted octanol–water partition coefficient (Wildman–Crippen LogP) is 7.60. The first-order valence-corrected chi connectivity index (χ1v) is 12.3. The molecule has 25 heavy (non-hydrogen) atoms. The molecule has 1 N–H and O–H groups in total. The number of hydrogen-bond acceptors (Lipinski definition) is 3. The van der Waals surface area contributed by atoms with Crippen LogP contribution in [-0.4, -0.2) is 12.8 Å². The Labute approximate surface area is 157 Å². The average molecular weight is 374 g/mol. The van der Waals surface area contributed by atoms with E-state index < -0.39 is 7.68 Å². The zero-order valence-corrected chi connectivity index (χ0v) is 18.0. The molecule has 0 aliphatic carbocycles. The highest BCUT2D eigenvalue weighted by molar-refractivity contribution is 7.30. The van der Waals surface area contributed by atoms with Gasteiger partial charge in [0.2, 0.25) is 0 Å². The zero-order chi connectivity index (χ0) is 18.6. The fourth-order valence-electron chi connectivity index (χ4n) is 3.27. The lowest BCUT2D eigenvalue weighted by molar-refractivity contribution is 0.501. The maximum atomic E-state index is 10.4. The number of nitrogens with one attached hydrogen (secondary N) is 1. The van der Waals surface area contributed by atoms with E-state index in [-0.39, 0.29) is 6.29 Å². The molecule has 0 saturated heterocycles. The Morgan fingerprint density at radius 2 is 0.960 bits per heavy atom. The zero-order valence-electron chi connectivity index (χ0n) is 17.1. The van der Waals surface area contributed by atoms with Crippen molar-refractivity contribution < 1.29 is 9.13 Å². The van der Waals surface area contributed by atoms with Crippen molar-refractivity contribution in [1.29, 1.82) is 0 Å². The van der Waals surface area contributed by atoms with Crippen LogP contribution in [0.3, 0.4) is 0 Å². The third-order valence-electron chi connectivity index (χ3n) is 4.88. The predicted molar refractivity (Wildman–Crippen MR) is 110 cm³/mol. The van der Waals surface area contributed by atoms with Crippen LogP contribution >= 0.6 is 7.68 Å². The van der Waals surface area contributed by atoms with E-state index in [0.29, 0.717) is 0 Å². The molecule has 0 saturated carbocycles. The largest absolute Gasteiger partial charge is 0.329 e. The Kier molecular flexibility index (Phi) is 20.1. The summed E-state index contributed by atoms with van der Waals surface area (Å²) in [5.41, 5.74) is 0. The summed E-state index contributed by atoms with van der Waals surface area (Å²) >= 11 is 0. The van der Waals surface area contributed by atoms with Crippen LogP contribution in [0.4, 0.5) is 0 Å². The van der Waals surface area contributed by atoms with Crippen LogP contribution in [0.15, 0.2) is 0 Å². The van der Waals surface area contributed by atoms with E-state index in [2.05, 4.69) is 19.2 Å². The van der Waals surface area contributed by atoms with Crippen molar-refractivity contribution in [1.82, 2.24) is 5.32 Å². The SMILES string of the molecule is CC(C)CCCCCCCCCCCCCCCCCNCP(=O)=O. The molecule has 3 nitrogen and oxygen atoms in total. The van der Waals surface area contributed by atoms with Gasteiger partial charge in [-0.3, -0.25) is 0 Å². The minimum atomic E-state index is -2.26. The van der Waals surface area contributed by atoms with Gasteiger partial charge >= 0.3 is 7.68 Å². The fourth-order valence-corrected chi connectivity index (χ4v) is 3.61. The standard InChI is InChI=1S/C21H44NO2P/c1-21(2)18-16-14-12-10-8-6-4-3-5-7-9-11-13-15-17-19-22-20-25(23)24/h21-22H,3-20H2,1-2H3. The van der Waals surface area contributed by atoms with Crippen LogP contribution in [0.1, 0.15) is 117 Å². The molecule has 0 aromatic heterocycles. The Bertz CT molecular complexity index is 322. The van der Waals surface area contributed by atoms with Gasteiger partial charge in [-0.1, -0.05) is 110 Å². The van der Waals surface area contributed by atoms with Gasteiger partial charge in [0.15, 0.2) is 0 Å². The van der Waals surface area contributed by atoms with E-state index in [9.17, 15) is 9.13 Å². The van der Waals surface area contributed by atoms with Gasteiger partial charge in [-0.15, -0.1) is 0 Å². The smallest absolute Gasteiger partial charge is 0.304 e. The Balaban J connectivity index is 3.00. The van der Waals surface area contributed by atoms with Gasteiger partial charge in [0.05, 0.1) is 0 Å². The van der Waals surface area contributed by atoms with Crippen molar-refractivity contribution in [2.75, 3.05) is 12.8 Å². The first kappa shape index (κ1) is 24.9. The van der Waals surface area contributed by atoms with Crippen LogP contribution in [0, 0.1) is 5.92 Å². The number of hydrogen-bond donors (Lipinski definition) is 1. The van der Waals surface area contributed by atoms with E-state index in [4.69, 9.17) is 0 Å². The van der Waals surface area contributed by atoms with Gasteiger partial charge in [-0.25, -0.2) is 9.13 Å². The molecule has 150 valence electrons. The van der Waals surface area contributed by atoms with E-state index in [0.717, 1.165) is 18.9 Å². The second kappa shape index (κ2) is 20.2. The molecule has 0 aromatic carbocycles. The highest BCUT2D eigenvalue weighted by Crippen LogP contribution is 2.14. The number of rotatable bonds is 20. The molecule has 0 aromatic rings. The fraction of sp³-hybridized carbons (Fsp3) is 1.00. The molecule has 0 atom stereocenters. The van der Waals surface area contributed by atoms with Gasteiger partial charge in [0, 0.05) is 0 Å². The highest BCUT2D eigenvalue weighted by Gasteiger charge is 1.96. The van der Waals surface area contributed by atoms with Crippen molar-refractivity contribution in [3.05, 3.63) is 0 Å². The van der Waals surface area contributed by atoms with Crippen molar-refractivity contribution >= 4 is 7.68 Å². The molecular weight excluding hydrogens is 329 g/mol. The lowest BCUT2D eigenvalue weighted by atomic mass is 10.0. The molecule has 0 radical (unpaired) electrons. The first-order chi connectivity index (χ1) is 12.1. The van der Waals surface area contributed by atoms with E-state index in [1.807, 2.05) is 0 Å².